The average molecular weight is 917 g/mol. The molecule has 4 aliphatic rings. The normalized spacial score (nSPS) is 22.7. The average Bonchev–Trinajstić information content (AvgIpc) is 3.82. The maximum absolute atomic E-state index is 14.7. The van der Waals surface area contributed by atoms with E-state index in [1.807, 2.05) is 66.7 Å². The first kappa shape index (κ1) is 47.2. The number of aldehydes is 1. The topological polar surface area (TPSA) is 164 Å². The number of unbranched alkanes of at least 4 members (excludes halogenated alkanes) is 2. The van der Waals surface area contributed by atoms with Gasteiger partial charge in [-0.1, -0.05) is 66.5 Å². The highest BCUT2D eigenvalue weighted by molar-refractivity contribution is 6.03. The third kappa shape index (κ3) is 10.2. The van der Waals surface area contributed by atoms with Crippen molar-refractivity contribution in [1.29, 1.82) is 0 Å². The summed E-state index contributed by atoms with van der Waals surface area (Å²) >= 11 is 0. The molecule has 2 N–H and O–H groups in total. The summed E-state index contributed by atoms with van der Waals surface area (Å²) < 4.78 is 43.7. The molecule has 2 aliphatic carbocycles. The van der Waals surface area contributed by atoms with Crippen LogP contribution in [-0.4, -0.2) is 85.4 Å². The Morgan fingerprint density at radius 2 is 1.67 bits per heavy atom. The predicted octanol–water partition coefficient (Wildman–Crippen LogP) is 9.52. The first-order valence-corrected chi connectivity index (χ1v) is 23.2. The molecule has 14 heteroatoms. The van der Waals surface area contributed by atoms with Gasteiger partial charge in [-0.2, -0.15) is 0 Å². The largest absolute Gasteiger partial charge is 0.496 e. The molecule has 0 bridgehead atoms. The highest BCUT2D eigenvalue weighted by Gasteiger charge is 2.65. The van der Waals surface area contributed by atoms with Gasteiger partial charge in [0.25, 0.3) is 0 Å². The number of ether oxygens (including phenoxy) is 7. The number of hydrogen-bond donors (Lipinski definition) is 2. The molecule has 0 saturated heterocycles. The number of carbonyl (C=O) groups is 2. The molecule has 0 spiro atoms. The minimum absolute atomic E-state index is 0.0107. The Balaban J connectivity index is 1.33. The first-order chi connectivity index (χ1) is 32.8. The van der Waals surface area contributed by atoms with Crippen molar-refractivity contribution >= 4 is 18.1 Å². The van der Waals surface area contributed by atoms with Crippen molar-refractivity contribution < 1.29 is 57.8 Å². The summed E-state index contributed by atoms with van der Waals surface area (Å²) in [6.07, 6.45) is 8.65. The maximum atomic E-state index is 14.7. The Kier molecular flexibility index (Phi) is 15.5. The first-order valence-electron chi connectivity index (χ1n) is 23.2. The van der Waals surface area contributed by atoms with E-state index in [0.717, 1.165) is 54.2 Å². The fourth-order valence-corrected chi connectivity index (χ4v) is 10.2. The van der Waals surface area contributed by atoms with Gasteiger partial charge in [0, 0.05) is 37.7 Å². The van der Waals surface area contributed by atoms with E-state index in [1.54, 1.807) is 36.1 Å². The minimum atomic E-state index is -1.53. The van der Waals surface area contributed by atoms with E-state index >= 15 is 0 Å². The maximum Gasteiger partial charge on any atom is 0.410 e. The van der Waals surface area contributed by atoms with Crippen molar-refractivity contribution in [3.8, 4) is 34.5 Å². The molecule has 1 fully saturated rings. The highest BCUT2D eigenvalue weighted by atomic mass is 16.7. The molecule has 354 valence electrons. The van der Waals surface area contributed by atoms with Crippen LogP contribution >= 0.6 is 0 Å². The lowest BCUT2D eigenvalue weighted by Gasteiger charge is -2.59. The van der Waals surface area contributed by atoms with Gasteiger partial charge in [0.1, 0.15) is 35.6 Å². The van der Waals surface area contributed by atoms with Crippen LogP contribution in [0.2, 0.25) is 0 Å². The van der Waals surface area contributed by atoms with E-state index in [-0.39, 0.29) is 70.5 Å². The number of allylic oxidation sites excluding steroid dienone is 1. The predicted molar refractivity (Wildman–Crippen MR) is 250 cm³/mol. The van der Waals surface area contributed by atoms with Crippen molar-refractivity contribution in [2.75, 3.05) is 40.3 Å². The molecule has 8 rings (SSSR count). The number of hydrogen-bond acceptors (Lipinski definition) is 13. The number of amides is 1. The van der Waals surface area contributed by atoms with Crippen molar-refractivity contribution in [2.45, 2.75) is 82.8 Å². The molecule has 1 saturated carbocycles. The second-order valence-corrected chi connectivity index (χ2v) is 17.2. The SMILES string of the molecule is C=CCOC12Oc3ccc(Oc4ccc(OC)c(C=O)c4)cc3C3C(CCCCO)C(CCCCO)C=C(C(=NOCc4ccccc4)CC1N(Cc1ccc4c(c1)OCO4)C(=O)OCC)C32. The van der Waals surface area contributed by atoms with Crippen molar-refractivity contribution in [1.82, 2.24) is 4.90 Å². The number of aliphatic hydroxyl groups excluding tert-OH is 2. The Morgan fingerprint density at radius 3 is 2.43 bits per heavy atom. The zero-order valence-electron chi connectivity index (χ0n) is 38.2. The second kappa shape index (κ2) is 22.0. The Bertz CT molecular complexity index is 2420. The molecule has 6 atom stereocenters. The molecule has 2 aliphatic heterocycles. The molecule has 4 aromatic carbocycles. The van der Waals surface area contributed by atoms with Gasteiger partial charge in [0.05, 0.1) is 37.5 Å². The van der Waals surface area contributed by atoms with Gasteiger partial charge in [0.15, 0.2) is 17.8 Å². The van der Waals surface area contributed by atoms with Crippen LogP contribution in [0.25, 0.3) is 0 Å². The molecule has 2 heterocycles. The molecule has 6 unspecified atom stereocenters. The zero-order valence-corrected chi connectivity index (χ0v) is 38.2. The molecule has 0 radical (unpaired) electrons. The van der Waals surface area contributed by atoms with Gasteiger partial charge in [-0.25, -0.2) is 4.79 Å². The van der Waals surface area contributed by atoms with Crippen LogP contribution in [0.15, 0.2) is 114 Å². The third-order valence-electron chi connectivity index (χ3n) is 13.1. The molecule has 4 aromatic rings. The summed E-state index contributed by atoms with van der Waals surface area (Å²) in [6.45, 7) is 6.59. The van der Waals surface area contributed by atoms with Crippen LogP contribution in [0.5, 0.6) is 34.5 Å². The molecular formula is C53H60N2O12. The van der Waals surface area contributed by atoms with E-state index in [0.29, 0.717) is 58.6 Å². The van der Waals surface area contributed by atoms with Crippen molar-refractivity contribution in [3.63, 3.8) is 0 Å². The minimum Gasteiger partial charge on any atom is -0.496 e. The monoisotopic (exact) mass is 916 g/mol. The highest BCUT2D eigenvalue weighted by Crippen LogP contribution is 2.62. The third-order valence-corrected chi connectivity index (χ3v) is 13.1. The second-order valence-electron chi connectivity index (χ2n) is 17.2. The number of carbonyl (C=O) groups excluding carboxylic acids is 2. The number of rotatable bonds is 22. The number of methoxy groups -OCH3 is 1. The van der Waals surface area contributed by atoms with Crippen molar-refractivity contribution in [2.24, 2.45) is 22.9 Å². The Morgan fingerprint density at radius 1 is 0.910 bits per heavy atom. The number of oxime groups is 1. The molecule has 67 heavy (non-hydrogen) atoms. The Labute approximate surface area is 391 Å². The standard InChI is InChI=1S/C53H60N2O12/c1-4-25-64-53-49(55(52(59)61-5-2)31-36-17-20-47-48(26-36)63-34-62-47)30-44(54-65-33-35-13-7-6-8-14-35)42-28-37(15-9-11-23-56)41(16-10-12-24-57)50(51(42)53)43-29-40(19-22-46(43)67-53)66-39-18-21-45(60-3)38(27-39)32-58/h4,6-8,13-14,17-22,26-29,32,37,41,49-51,56-57H,1,5,9-12,15-16,23-25,30-31,33-34H2,2-3H3. The fraction of sp³-hybridized carbons (Fsp3) is 0.415. The van der Waals surface area contributed by atoms with Gasteiger partial charge in [-0.3, -0.25) is 9.69 Å². The quantitative estimate of drug-likeness (QED) is 0.0333. The van der Waals surface area contributed by atoms with E-state index in [2.05, 4.69) is 12.7 Å². The molecule has 1 amide bonds. The summed E-state index contributed by atoms with van der Waals surface area (Å²) in [4.78, 5) is 34.6. The lowest BCUT2D eigenvalue weighted by molar-refractivity contribution is -0.256. The van der Waals surface area contributed by atoms with Gasteiger partial charge >= 0.3 is 6.09 Å². The van der Waals surface area contributed by atoms with Crippen LogP contribution in [-0.2, 0) is 27.5 Å². The van der Waals surface area contributed by atoms with Gasteiger partial charge in [-0.15, -0.1) is 6.58 Å². The van der Waals surface area contributed by atoms with E-state index < -0.39 is 23.8 Å². The summed E-state index contributed by atoms with van der Waals surface area (Å²) in [7, 11) is 1.51. The summed E-state index contributed by atoms with van der Waals surface area (Å²) in [5.41, 5.74) is 4.48. The lowest BCUT2D eigenvalue weighted by Crippen LogP contribution is -2.70. The van der Waals surface area contributed by atoms with E-state index in [9.17, 15) is 19.8 Å². The molecule has 0 aromatic heterocycles. The van der Waals surface area contributed by atoms with Crippen LogP contribution in [0, 0.1) is 17.8 Å². The molecular weight excluding hydrogens is 857 g/mol. The number of aliphatic hydroxyl groups is 2. The van der Waals surface area contributed by atoms with Crippen molar-refractivity contribution in [3.05, 3.63) is 131 Å². The number of fused-ring (bicyclic) bond motifs is 3. The number of benzene rings is 4. The van der Waals surface area contributed by atoms with Gasteiger partial charge in [0.2, 0.25) is 12.6 Å². The van der Waals surface area contributed by atoms with Gasteiger partial charge < -0.3 is 48.2 Å². The molecule has 14 nitrogen and oxygen atoms in total. The number of nitrogens with zero attached hydrogens (tertiary/aromatic N) is 2. The van der Waals surface area contributed by atoms with Gasteiger partial charge in [-0.05, 0) is 110 Å². The zero-order chi connectivity index (χ0) is 46.8. The van der Waals surface area contributed by atoms with Crippen LogP contribution in [0.4, 0.5) is 4.79 Å². The summed E-state index contributed by atoms with van der Waals surface area (Å²) in [5, 5.41) is 25.0. The summed E-state index contributed by atoms with van der Waals surface area (Å²) in [6, 6.07) is 25.4. The smallest absolute Gasteiger partial charge is 0.410 e. The van der Waals surface area contributed by atoms with Crippen LogP contribution < -0.4 is 23.7 Å². The van der Waals surface area contributed by atoms with E-state index in [4.69, 9.17) is 43.2 Å². The van der Waals surface area contributed by atoms with Crippen LogP contribution in [0.3, 0.4) is 0 Å². The lowest BCUT2D eigenvalue weighted by atomic mass is 9.55. The fourth-order valence-electron chi connectivity index (χ4n) is 10.2. The van der Waals surface area contributed by atoms with Crippen LogP contribution in [0.1, 0.15) is 84.8 Å². The summed E-state index contributed by atoms with van der Waals surface area (Å²) in [5.74, 6) is 0.731. The Hall–Kier alpha value is -6.35. The van der Waals surface area contributed by atoms with E-state index in [1.165, 1.54) is 7.11 Å².